The molecular weight excluding hydrogens is 132 g/mol. The second-order valence-corrected chi connectivity index (χ2v) is 1.91. The molecule has 0 bridgehead atoms. The summed E-state index contributed by atoms with van der Waals surface area (Å²) in [6.45, 7) is 4.01. The monoisotopic (exact) mass is 144 g/mol. The fourth-order valence-corrected chi connectivity index (χ4v) is 0.352. The summed E-state index contributed by atoms with van der Waals surface area (Å²) < 4.78 is 4.81. The van der Waals surface area contributed by atoms with Crippen LogP contribution in [0.4, 0.5) is 0 Å². The number of carbonyl (C=O) groups is 1. The molecule has 0 aromatic rings. The van der Waals surface area contributed by atoms with Gasteiger partial charge in [-0.25, -0.2) is 0 Å². The molecule has 0 aromatic heterocycles. The van der Waals surface area contributed by atoms with Gasteiger partial charge in [0.25, 0.3) is 0 Å². The molecule has 10 heavy (non-hydrogen) atoms. The molecule has 0 fully saturated rings. The van der Waals surface area contributed by atoms with Gasteiger partial charge in [0.05, 0.1) is 18.8 Å². The lowest BCUT2D eigenvalue weighted by molar-refractivity contribution is -0.139. The zero-order valence-corrected chi connectivity index (χ0v) is 6.20. The van der Waals surface area contributed by atoms with Crippen LogP contribution in [0.2, 0.25) is 0 Å². The minimum Gasteiger partial charge on any atom is -0.502 e. The lowest BCUT2D eigenvalue weighted by atomic mass is 10.2. The van der Waals surface area contributed by atoms with Crippen molar-refractivity contribution >= 4 is 5.97 Å². The molecule has 1 N–H and O–H groups in total. The van der Waals surface area contributed by atoms with Crippen molar-refractivity contribution in [2.24, 2.45) is 5.92 Å². The second kappa shape index (κ2) is 4.85. The summed E-state index contributed by atoms with van der Waals surface area (Å²) >= 11 is 0. The maximum atomic E-state index is 10.2. The van der Waals surface area contributed by atoms with Crippen molar-refractivity contribution in [3.05, 3.63) is 12.3 Å². The predicted octanol–water partition coefficient (Wildman–Crippen LogP) is 1.26. The quantitative estimate of drug-likeness (QED) is 0.604. The van der Waals surface area contributed by atoms with E-state index in [2.05, 4.69) is 0 Å². The fourth-order valence-electron chi connectivity index (χ4n) is 0.352. The Morgan fingerprint density at radius 2 is 2.40 bits per heavy atom. The highest BCUT2D eigenvalue weighted by molar-refractivity contribution is 5.71. The van der Waals surface area contributed by atoms with Crippen LogP contribution in [0.3, 0.4) is 0 Å². The number of rotatable bonds is 4. The van der Waals surface area contributed by atoms with E-state index >= 15 is 0 Å². The van der Waals surface area contributed by atoms with Crippen LogP contribution in [0.1, 0.15) is 13.8 Å². The summed E-state index contributed by atoms with van der Waals surface area (Å²) in [5.41, 5.74) is 0. The molecule has 0 aliphatic heterocycles. The highest BCUT2D eigenvalue weighted by Gasteiger charge is 2.04. The van der Waals surface area contributed by atoms with E-state index < -0.39 is 11.9 Å². The van der Waals surface area contributed by atoms with Crippen LogP contribution >= 0.6 is 0 Å². The Kier molecular flexibility index (Phi) is 4.37. The van der Waals surface area contributed by atoms with Gasteiger partial charge in [-0.1, -0.05) is 0 Å². The zero-order valence-electron chi connectivity index (χ0n) is 6.20. The Labute approximate surface area is 60.3 Å². The van der Waals surface area contributed by atoms with Gasteiger partial charge in [0, 0.05) is 0 Å². The zero-order chi connectivity index (χ0) is 7.98. The van der Waals surface area contributed by atoms with E-state index in [9.17, 15) is 4.79 Å². The Hall–Kier alpha value is -0.990. The van der Waals surface area contributed by atoms with Gasteiger partial charge in [0.15, 0.2) is 0 Å². The normalized spacial score (nSPS) is 13.4. The first kappa shape index (κ1) is 9.01. The summed E-state index contributed by atoms with van der Waals surface area (Å²) in [4.78, 5) is 10.2. The van der Waals surface area contributed by atoms with Crippen molar-refractivity contribution in [2.75, 3.05) is 6.61 Å². The van der Waals surface area contributed by atoms with Gasteiger partial charge in [-0.05, 0) is 19.9 Å². The molecule has 0 amide bonds. The average molecular weight is 144 g/mol. The fraction of sp³-hybridized carbons (Fsp3) is 0.571. The summed E-state index contributed by atoms with van der Waals surface area (Å²) in [6, 6.07) is 0. The molecule has 0 rings (SSSR count). The van der Waals surface area contributed by atoms with Gasteiger partial charge in [0.1, 0.15) is 0 Å². The van der Waals surface area contributed by atoms with Gasteiger partial charge in [-0.3, -0.25) is 4.79 Å². The van der Waals surface area contributed by atoms with Crippen molar-refractivity contribution in [3.63, 3.8) is 0 Å². The van der Waals surface area contributed by atoms with E-state index in [1.54, 1.807) is 6.92 Å². The minimum atomic E-state index is -0.837. The third-order valence-electron chi connectivity index (χ3n) is 1.02. The number of aliphatic carboxylic acids is 1. The summed E-state index contributed by atoms with van der Waals surface area (Å²) in [5.74, 6) is -1.30. The summed E-state index contributed by atoms with van der Waals surface area (Å²) in [6.07, 6.45) is 2.92. The largest absolute Gasteiger partial charge is 0.502 e. The Bertz CT molecular complexity index is 129. The van der Waals surface area contributed by atoms with Crippen molar-refractivity contribution < 1.29 is 14.6 Å². The smallest absolute Gasteiger partial charge is 0.310 e. The van der Waals surface area contributed by atoms with Crippen molar-refractivity contribution in [2.45, 2.75) is 13.8 Å². The highest BCUT2D eigenvalue weighted by atomic mass is 16.5. The molecule has 0 aliphatic carbocycles. The van der Waals surface area contributed by atoms with Crippen molar-refractivity contribution in [1.82, 2.24) is 0 Å². The molecule has 3 heteroatoms. The second-order valence-electron chi connectivity index (χ2n) is 1.91. The number of hydrogen-bond donors (Lipinski definition) is 1. The number of hydrogen-bond acceptors (Lipinski definition) is 2. The number of ether oxygens (including phenoxy) is 1. The van der Waals surface area contributed by atoms with Crippen LogP contribution in [0.5, 0.6) is 0 Å². The van der Waals surface area contributed by atoms with Crippen molar-refractivity contribution in [3.8, 4) is 0 Å². The molecule has 58 valence electrons. The van der Waals surface area contributed by atoms with E-state index in [1.807, 2.05) is 6.92 Å². The van der Waals surface area contributed by atoms with Crippen LogP contribution in [0, 0.1) is 5.92 Å². The molecule has 1 atom stereocenters. The molecule has 0 saturated carbocycles. The standard InChI is InChI=1S/C7H12O3/c1-3-10-5-4-6(2)7(8)9/h4-6H,3H2,1-2H3,(H,8,9)/b5-4-. The minimum absolute atomic E-state index is 0.466. The predicted molar refractivity (Wildman–Crippen MR) is 37.6 cm³/mol. The third-order valence-corrected chi connectivity index (χ3v) is 1.02. The number of carboxylic acid groups (broad SMARTS) is 1. The maximum Gasteiger partial charge on any atom is 0.310 e. The molecule has 3 nitrogen and oxygen atoms in total. The van der Waals surface area contributed by atoms with Gasteiger partial charge >= 0.3 is 5.97 Å². The first-order valence-corrected chi connectivity index (χ1v) is 3.19. The van der Waals surface area contributed by atoms with Gasteiger partial charge in [-0.15, -0.1) is 0 Å². The lowest BCUT2D eigenvalue weighted by Crippen LogP contribution is -2.05. The van der Waals surface area contributed by atoms with Crippen LogP contribution in [-0.4, -0.2) is 17.7 Å². The van der Waals surface area contributed by atoms with Crippen LogP contribution in [0.25, 0.3) is 0 Å². The van der Waals surface area contributed by atoms with E-state index in [-0.39, 0.29) is 0 Å². The molecule has 0 radical (unpaired) electrons. The van der Waals surface area contributed by atoms with Gasteiger partial charge < -0.3 is 9.84 Å². The molecular formula is C7H12O3. The molecule has 0 aromatic carbocycles. The summed E-state index contributed by atoms with van der Waals surface area (Å²) in [7, 11) is 0. The molecule has 0 aliphatic rings. The highest BCUT2D eigenvalue weighted by Crippen LogP contribution is 1.96. The average Bonchev–Trinajstić information content (AvgIpc) is 1.88. The van der Waals surface area contributed by atoms with Crippen LogP contribution < -0.4 is 0 Å². The molecule has 0 saturated heterocycles. The maximum absolute atomic E-state index is 10.2. The molecule has 1 unspecified atom stereocenters. The van der Waals surface area contributed by atoms with E-state index in [4.69, 9.17) is 9.84 Å². The first-order valence-electron chi connectivity index (χ1n) is 3.19. The third kappa shape index (κ3) is 3.95. The van der Waals surface area contributed by atoms with E-state index in [0.29, 0.717) is 6.61 Å². The Balaban J connectivity index is 3.55. The number of carboxylic acids is 1. The van der Waals surface area contributed by atoms with E-state index in [0.717, 1.165) is 0 Å². The topological polar surface area (TPSA) is 46.5 Å². The summed E-state index contributed by atoms with van der Waals surface area (Å²) in [5, 5.41) is 8.37. The molecule has 0 spiro atoms. The first-order chi connectivity index (χ1) is 4.68. The van der Waals surface area contributed by atoms with Crippen LogP contribution in [-0.2, 0) is 9.53 Å². The van der Waals surface area contributed by atoms with Gasteiger partial charge in [0.2, 0.25) is 0 Å². The Morgan fingerprint density at radius 1 is 1.80 bits per heavy atom. The Morgan fingerprint density at radius 3 is 2.80 bits per heavy atom. The van der Waals surface area contributed by atoms with E-state index in [1.165, 1.54) is 12.3 Å². The van der Waals surface area contributed by atoms with Crippen LogP contribution in [0.15, 0.2) is 12.3 Å². The molecule has 0 heterocycles. The van der Waals surface area contributed by atoms with Gasteiger partial charge in [-0.2, -0.15) is 0 Å². The SMILES string of the molecule is CCO/C=C\C(C)C(=O)O. The lowest BCUT2D eigenvalue weighted by Gasteiger charge is -1.97. The van der Waals surface area contributed by atoms with Crippen molar-refractivity contribution in [1.29, 1.82) is 0 Å².